The zero-order valence-corrected chi connectivity index (χ0v) is 9.95. The normalized spacial score (nSPS) is 15.9. The molecule has 0 aliphatic heterocycles. The third kappa shape index (κ3) is 2.33. The van der Waals surface area contributed by atoms with Gasteiger partial charge in [0.05, 0.1) is 0 Å². The highest BCUT2D eigenvalue weighted by Gasteiger charge is 2.15. The Kier molecular flexibility index (Phi) is 3.39. The molecule has 0 heterocycles. The van der Waals surface area contributed by atoms with Gasteiger partial charge in [-0.3, -0.25) is 4.79 Å². The molecule has 86 valence electrons. The molecular formula is C14H18O2. The minimum absolute atomic E-state index is 0.153. The van der Waals surface area contributed by atoms with Gasteiger partial charge in [-0.05, 0) is 42.9 Å². The van der Waals surface area contributed by atoms with Crippen LogP contribution in [0.15, 0.2) is 18.2 Å². The van der Waals surface area contributed by atoms with Gasteiger partial charge in [-0.15, -0.1) is 0 Å². The van der Waals surface area contributed by atoms with Gasteiger partial charge >= 0.3 is 0 Å². The van der Waals surface area contributed by atoms with E-state index in [0.717, 1.165) is 12.0 Å². The maximum absolute atomic E-state index is 11.7. The first-order valence-corrected chi connectivity index (χ1v) is 5.87. The first-order valence-electron chi connectivity index (χ1n) is 5.87. The second-order valence-electron chi connectivity index (χ2n) is 4.48. The minimum Gasteiger partial charge on any atom is -0.374 e. The number of ether oxygens (including phenoxy) is 1. The van der Waals surface area contributed by atoms with E-state index in [2.05, 4.69) is 18.2 Å². The van der Waals surface area contributed by atoms with Crippen LogP contribution in [-0.4, -0.2) is 19.0 Å². The maximum atomic E-state index is 11.7. The van der Waals surface area contributed by atoms with Crippen molar-refractivity contribution in [3.8, 4) is 0 Å². The average molecular weight is 218 g/mol. The van der Waals surface area contributed by atoms with Crippen LogP contribution in [0, 0.1) is 0 Å². The minimum atomic E-state index is -0.298. The summed E-state index contributed by atoms with van der Waals surface area (Å²) in [5.74, 6) is 0.153. The molecule has 1 aromatic carbocycles. The van der Waals surface area contributed by atoms with Gasteiger partial charge in [0, 0.05) is 13.5 Å². The highest BCUT2D eigenvalue weighted by molar-refractivity contribution is 5.84. The Morgan fingerprint density at radius 1 is 1.38 bits per heavy atom. The first kappa shape index (κ1) is 11.3. The number of ketones is 1. The molecule has 2 rings (SSSR count). The molecular weight excluding hydrogens is 200 g/mol. The molecule has 0 saturated carbocycles. The summed E-state index contributed by atoms with van der Waals surface area (Å²) >= 11 is 0. The quantitative estimate of drug-likeness (QED) is 0.775. The second kappa shape index (κ2) is 4.79. The molecule has 0 spiro atoms. The monoisotopic (exact) mass is 218 g/mol. The van der Waals surface area contributed by atoms with Crippen LogP contribution in [0.25, 0.3) is 0 Å². The van der Waals surface area contributed by atoms with Gasteiger partial charge in [-0.1, -0.05) is 18.2 Å². The van der Waals surface area contributed by atoms with Crippen LogP contribution in [0.5, 0.6) is 0 Å². The van der Waals surface area contributed by atoms with Crippen molar-refractivity contribution in [3.05, 3.63) is 34.9 Å². The van der Waals surface area contributed by atoms with Gasteiger partial charge in [0.2, 0.25) is 0 Å². The average Bonchev–Trinajstić information content (AvgIpc) is 2.75. The van der Waals surface area contributed by atoms with Crippen molar-refractivity contribution >= 4 is 5.78 Å². The van der Waals surface area contributed by atoms with E-state index in [1.54, 1.807) is 14.0 Å². The number of hydrogen-bond acceptors (Lipinski definition) is 2. The zero-order valence-electron chi connectivity index (χ0n) is 9.95. The Bertz CT molecular complexity index is 396. The SMILES string of the molecule is COC(C)C(=O)Cc1ccc2c(c1)CCC2. The molecule has 0 N–H and O–H groups in total. The molecule has 1 aliphatic carbocycles. The Hall–Kier alpha value is -1.15. The van der Waals surface area contributed by atoms with Crippen LogP contribution in [-0.2, 0) is 28.8 Å². The highest BCUT2D eigenvalue weighted by atomic mass is 16.5. The second-order valence-corrected chi connectivity index (χ2v) is 4.48. The number of carbonyl (C=O) groups excluding carboxylic acids is 1. The number of hydrogen-bond donors (Lipinski definition) is 0. The Morgan fingerprint density at radius 2 is 2.12 bits per heavy atom. The number of rotatable bonds is 4. The molecule has 0 aromatic heterocycles. The number of aryl methyl sites for hydroxylation is 2. The number of Topliss-reactive ketones (excluding diaryl/α,β-unsaturated/α-hetero) is 1. The van der Waals surface area contributed by atoms with Crippen molar-refractivity contribution in [2.45, 2.75) is 38.7 Å². The van der Waals surface area contributed by atoms with Gasteiger partial charge < -0.3 is 4.74 Å². The van der Waals surface area contributed by atoms with E-state index in [-0.39, 0.29) is 11.9 Å². The molecule has 0 amide bonds. The van der Waals surface area contributed by atoms with E-state index in [9.17, 15) is 4.79 Å². The Labute approximate surface area is 96.6 Å². The summed E-state index contributed by atoms with van der Waals surface area (Å²) in [5, 5.41) is 0. The molecule has 0 bridgehead atoms. The standard InChI is InChI=1S/C14H18O2/c1-10(16-2)14(15)9-11-6-7-12-4-3-5-13(12)8-11/h6-8,10H,3-5,9H2,1-2H3. The number of methoxy groups -OCH3 is 1. The third-order valence-corrected chi connectivity index (χ3v) is 3.35. The fourth-order valence-electron chi connectivity index (χ4n) is 2.21. The van der Waals surface area contributed by atoms with Crippen LogP contribution in [0.2, 0.25) is 0 Å². The van der Waals surface area contributed by atoms with Crippen LogP contribution in [0.1, 0.15) is 30.0 Å². The van der Waals surface area contributed by atoms with Crippen molar-refractivity contribution in [3.63, 3.8) is 0 Å². The van der Waals surface area contributed by atoms with Gasteiger partial charge in [0.15, 0.2) is 5.78 Å². The summed E-state index contributed by atoms with van der Waals surface area (Å²) < 4.78 is 5.03. The van der Waals surface area contributed by atoms with Gasteiger partial charge in [-0.25, -0.2) is 0 Å². The topological polar surface area (TPSA) is 26.3 Å². The summed E-state index contributed by atoms with van der Waals surface area (Å²) in [6.07, 6.45) is 3.80. The van der Waals surface area contributed by atoms with E-state index < -0.39 is 0 Å². The summed E-state index contributed by atoms with van der Waals surface area (Å²) in [4.78, 5) is 11.7. The fraction of sp³-hybridized carbons (Fsp3) is 0.500. The zero-order chi connectivity index (χ0) is 11.5. The maximum Gasteiger partial charge on any atom is 0.165 e. The van der Waals surface area contributed by atoms with Crippen molar-refractivity contribution in [1.29, 1.82) is 0 Å². The van der Waals surface area contributed by atoms with Crippen molar-refractivity contribution < 1.29 is 9.53 Å². The van der Waals surface area contributed by atoms with E-state index in [1.165, 1.54) is 24.0 Å². The third-order valence-electron chi connectivity index (χ3n) is 3.35. The molecule has 1 aliphatic rings. The Morgan fingerprint density at radius 3 is 2.88 bits per heavy atom. The number of carbonyl (C=O) groups is 1. The molecule has 1 atom stereocenters. The molecule has 1 aromatic rings. The molecule has 1 unspecified atom stereocenters. The summed E-state index contributed by atoms with van der Waals surface area (Å²) in [7, 11) is 1.57. The van der Waals surface area contributed by atoms with Gasteiger partial charge in [-0.2, -0.15) is 0 Å². The van der Waals surface area contributed by atoms with E-state index in [1.807, 2.05) is 0 Å². The summed E-state index contributed by atoms with van der Waals surface area (Å²) in [5.41, 5.74) is 4.00. The molecule has 0 fully saturated rings. The van der Waals surface area contributed by atoms with Gasteiger partial charge in [0.25, 0.3) is 0 Å². The lowest BCUT2D eigenvalue weighted by Crippen LogP contribution is -2.21. The predicted molar refractivity (Wildman–Crippen MR) is 63.6 cm³/mol. The van der Waals surface area contributed by atoms with Crippen LogP contribution < -0.4 is 0 Å². The number of benzene rings is 1. The lowest BCUT2D eigenvalue weighted by atomic mass is 10.0. The Balaban J connectivity index is 2.08. The van der Waals surface area contributed by atoms with Crippen LogP contribution in [0.4, 0.5) is 0 Å². The molecule has 2 nitrogen and oxygen atoms in total. The first-order chi connectivity index (χ1) is 7.70. The molecule has 0 saturated heterocycles. The van der Waals surface area contributed by atoms with Crippen LogP contribution >= 0.6 is 0 Å². The van der Waals surface area contributed by atoms with Crippen molar-refractivity contribution in [2.75, 3.05) is 7.11 Å². The summed E-state index contributed by atoms with van der Waals surface area (Å²) in [6, 6.07) is 6.43. The van der Waals surface area contributed by atoms with E-state index >= 15 is 0 Å². The fourth-order valence-corrected chi connectivity index (χ4v) is 2.21. The van der Waals surface area contributed by atoms with Crippen LogP contribution in [0.3, 0.4) is 0 Å². The predicted octanol–water partition coefficient (Wildman–Crippen LogP) is 2.32. The van der Waals surface area contributed by atoms with E-state index in [0.29, 0.717) is 6.42 Å². The lowest BCUT2D eigenvalue weighted by molar-refractivity contribution is -0.127. The van der Waals surface area contributed by atoms with Crippen molar-refractivity contribution in [2.24, 2.45) is 0 Å². The number of fused-ring (bicyclic) bond motifs is 1. The molecule has 0 radical (unpaired) electrons. The lowest BCUT2D eigenvalue weighted by Gasteiger charge is -2.09. The largest absolute Gasteiger partial charge is 0.374 e. The van der Waals surface area contributed by atoms with Crippen molar-refractivity contribution in [1.82, 2.24) is 0 Å². The molecule has 2 heteroatoms. The highest BCUT2D eigenvalue weighted by Crippen LogP contribution is 2.23. The van der Waals surface area contributed by atoms with E-state index in [4.69, 9.17) is 4.74 Å². The smallest absolute Gasteiger partial charge is 0.165 e. The van der Waals surface area contributed by atoms with Gasteiger partial charge in [0.1, 0.15) is 6.10 Å². The molecule has 16 heavy (non-hydrogen) atoms. The summed E-state index contributed by atoms with van der Waals surface area (Å²) in [6.45, 7) is 1.80.